The maximum absolute atomic E-state index is 12.9. The highest BCUT2D eigenvalue weighted by molar-refractivity contribution is 7.71. The van der Waals surface area contributed by atoms with Gasteiger partial charge in [0.2, 0.25) is 4.77 Å². The summed E-state index contributed by atoms with van der Waals surface area (Å²) >= 11 is 5.10. The summed E-state index contributed by atoms with van der Waals surface area (Å²) in [6.45, 7) is 2.31. The van der Waals surface area contributed by atoms with Gasteiger partial charge in [0, 0.05) is 5.56 Å². The Morgan fingerprint density at radius 2 is 2.05 bits per heavy atom. The van der Waals surface area contributed by atoms with Gasteiger partial charge >= 0.3 is 0 Å². The molecule has 2 N–H and O–H groups in total. The fourth-order valence-corrected chi connectivity index (χ4v) is 2.20. The number of nitrogens with zero attached hydrogens (tertiary/aromatic N) is 2. The molecule has 2 aromatic heterocycles. The normalized spacial score (nSPS) is 10.8. The third kappa shape index (κ3) is 2.87. The number of nitrogens with one attached hydrogen (secondary N) is 2. The molecule has 21 heavy (non-hydrogen) atoms. The molecular weight excluding hydrogens is 291 g/mol. The average Bonchev–Trinajstić information content (AvgIpc) is 3.06. The number of H-pyrrole nitrogens is 1. The standard InChI is InChI=1S/C14H13FN4OS/c1-9-17-18-14(21)19(9)16-8-12-6-7-13(20-12)10-2-4-11(15)5-3-10/h2-7,16H,8H2,1H3,(H,18,21). The van der Waals surface area contributed by atoms with Crippen molar-refractivity contribution in [3.05, 3.63) is 58.6 Å². The van der Waals surface area contributed by atoms with E-state index in [1.807, 2.05) is 19.1 Å². The van der Waals surface area contributed by atoms with Gasteiger partial charge in [-0.25, -0.2) is 9.07 Å². The molecule has 0 amide bonds. The van der Waals surface area contributed by atoms with Gasteiger partial charge in [-0.1, -0.05) is 0 Å². The molecule has 0 saturated heterocycles. The van der Waals surface area contributed by atoms with E-state index >= 15 is 0 Å². The van der Waals surface area contributed by atoms with Gasteiger partial charge in [0.05, 0.1) is 6.54 Å². The lowest BCUT2D eigenvalue weighted by Crippen LogP contribution is -2.15. The van der Waals surface area contributed by atoms with Crippen molar-refractivity contribution in [1.82, 2.24) is 14.9 Å². The Kier molecular flexibility index (Phi) is 3.57. The van der Waals surface area contributed by atoms with Crippen molar-refractivity contribution in [2.75, 3.05) is 5.43 Å². The lowest BCUT2D eigenvalue weighted by molar-refractivity contribution is 0.521. The number of aromatic nitrogens is 3. The predicted molar refractivity (Wildman–Crippen MR) is 79.3 cm³/mol. The number of hydrogen-bond acceptors (Lipinski definition) is 4. The minimum absolute atomic E-state index is 0.267. The number of aromatic amines is 1. The van der Waals surface area contributed by atoms with Crippen molar-refractivity contribution in [3.63, 3.8) is 0 Å². The molecule has 0 unspecified atom stereocenters. The molecule has 5 nitrogen and oxygen atoms in total. The third-order valence-corrected chi connectivity index (χ3v) is 3.32. The fourth-order valence-electron chi connectivity index (χ4n) is 1.96. The highest BCUT2D eigenvalue weighted by Crippen LogP contribution is 2.22. The van der Waals surface area contributed by atoms with Crippen molar-refractivity contribution in [3.8, 4) is 11.3 Å². The molecule has 0 aliphatic heterocycles. The number of aryl methyl sites for hydroxylation is 1. The first-order valence-corrected chi connectivity index (χ1v) is 6.77. The zero-order valence-corrected chi connectivity index (χ0v) is 12.1. The van der Waals surface area contributed by atoms with Gasteiger partial charge in [0.25, 0.3) is 0 Å². The third-order valence-electron chi connectivity index (χ3n) is 3.04. The van der Waals surface area contributed by atoms with Gasteiger partial charge in [0.15, 0.2) is 0 Å². The van der Waals surface area contributed by atoms with Crippen molar-refractivity contribution < 1.29 is 8.81 Å². The van der Waals surface area contributed by atoms with Crippen LogP contribution in [-0.2, 0) is 6.54 Å². The first-order chi connectivity index (χ1) is 10.1. The van der Waals surface area contributed by atoms with Crippen LogP contribution in [0.4, 0.5) is 4.39 Å². The fraction of sp³-hybridized carbons (Fsp3) is 0.143. The summed E-state index contributed by atoms with van der Waals surface area (Å²) in [7, 11) is 0. The van der Waals surface area contributed by atoms with Gasteiger partial charge < -0.3 is 9.84 Å². The van der Waals surface area contributed by atoms with Crippen LogP contribution in [0.25, 0.3) is 11.3 Å². The van der Waals surface area contributed by atoms with Crippen LogP contribution in [-0.4, -0.2) is 14.9 Å². The molecule has 0 fully saturated rings. The summed E-state index contributed by atoms with van der Waals surface area (Å²) in [6, 6.07) is 9.90. The molecule has 0 aliphatic carbocycles. The summed E-state index contributed by atoms with van der Waals surface area (Å²) in [6.07, 6.45) is 0. The number of benzene rings is 1. The minimum Gasteiger partial charge on any atom is -0.459 e. The van der Waals surface area contributed by atoms with E-state index in [9.17, 15) is 4.39 Å². The summed E-state index contributed by atoms with van der Waals surface area (Å²) in [4.78, 5) is 0. The lowest BCUT2D eigenvalue weighted by atomic mass is 10.2. The van der Waals surface area contributed by atoms with Crippen LogP contribution >= 0.6 is 12.2 Å². The Balaban J connectivity index is 1.74. The second kappa shape index (κ2) is 5.53. The molecule has 108 valence electrons. The molecule has 0 aliphatic rings. The van der Waals surface area contributed by atoms with Crippen LogP contribution in [0.15, 0.2) is 40.8 Å². The van der Waals surface area contributed by atoms with Crippen LogP contribution in [0.2, 0.25) is 0 Å². The van der Waals surface area contributed by atoms with E-state index < -0.39 is 0 Å². The Bertz CT molecular complexity index is 803. The summed E-state index contributed by atoms with van der Waals surface area (Å²) in [5.41, 5.74) is 3.95. The molecule has 0 bridgehead atoms. The summed E-state index contributed by atoms with van der Waals surface area (Å²) in [5.74, 6) is 1.92. The molecule has 1 aromatic carbocycles. The Morgan fingerprint density at radius 1 is 1.29 bits per heavy atom. The van der Waals surface area contributed by atoms with Crippen molar-refractivity contribution in [1.29, 1.82) is 0 Å². The highest BCUT2D eigenvalue weighted by atomic mass is 32.1. The second-order valence-electron chi connectivity index (χ2n) is 4.52. The topological polar surface area (TPSA) is 58.8 Å². The molecule has 0 radical (unpaired) electrons. The average molecular weight is 304 g/mol. The number of halogens is 1. The SMILES string of the molecule is Cc1n[nH]c(=S)n1NCc1ccc(-c2ccc(F)cc2)o1. The van der Waals surface area contributed by atoms with E-state index in [1.54, 1.807) is 16.8 Å². The first-order valence-electron chi connectivity index (χ1n) is 6.36. The van der Waals surface area contributed by atoms with Crippen molar-refractivity contribution in [2.45, 2.75) is 13.5 Å². The van der Waals surface area contributed by atoms with Crippen LogP contribution < -0.4 is 5.43 Å². The minimum atomic E-state index is -0.267. The van der Waals surface area contributed by atoms with Crippen LogP contribution in [0.1, 0.15) is 11.6 Å². The molecule has 0 atom stereocenters. The number of hydrogen-bond donors (Lipinski definition) is 2. The molecule has 0 saturated carbocycles. The zero-order chi connectivity index (χ0) is 14.8. The first kappa shape index (κ1) is 13.6. The Morgan fingerprint density at radius 3 is 2.71 bits per heavy atom. The zero-order valence-electron chi connectivity index (χ0n) is 11.3. The quantitative estimate of drug-likeness (QED) is 0.725. The molecule has 0 spiro atoms. The second-order valence-corrected chi connectivity index (χ2v) is 4.91. The lowest BCUT2D eigenvalue weighted by Gasteiger charge is -2.05. The maximum atomic E-state index is 12.9. The van der Waals surface area contributed by atoms with Crippen molar-refractivity contribution >= 4 is 12.2 Å². The largest absolute Gasteiger partial charge is 0.459 e. The monoisotopic (exact) mass is 304 g/mol. The van der Waals surface area contributed by atoms with Crippen molar-refractivity contribution in [2.24, 2.45) is 0 Å². The molecule has 2 heterocycles. The molecular formula is C14H13FN4OS. The molecule has 3 rings (SSSR count). The number of furan rings is 1. The van der Waals surface area contributed by atoms with Crippen LogP contribution in [0.3, 0.4) is 0 Å². The van der Waals surface area contributed by atoms with E-state index in [4.69, 9.17) is 16.6 Å². The van der Waals surface area contributed by atoms with Gasteiger partial charge in [0.1, 0.15) is 23.2 Å². The van der Waals surface area contributed by atoms with Crippen LogP contribution in [0, 0.1) is 17.5 Å². The number of rotatable bonds is 4. The Labute approximate surface area is 125 Å². The van der Waals surface area contributed by atoms with E-state index in [0.29, 0.717) is 17.1 Å². The van der Waals surface area contributed by atoms with Gasteiger partial charge in [-0.2, -0.15) is 5.10 Å². The van der Waals surface area contributed by atoms with E-state index in [-0.39, 0.29) is 5.82 Å². The Hall–Kier alpha value is -2.41. The molecule has 3 aromatic rings. The smallest absolute Gasteiger partial charge is 0.214 e. The summed E-state index contributed by atoms with van der Waals surface area (Å²) < 4.78 is 20.8. The molecule has 7 heteroatoms. The van der Waals surface area contributed by atoms with E-state index in [1.165, 1.54) is 12.1 Å². The summed E-state index contributed by atoms with van der Waals surface area (Å²) in [5, 5.41) is 6.70. The van der Waals surface area contributed by atoms with Gasteiger partial charge in [-0.05, 0) is 55.5 Å². The van der Waals surface area contributed by atoms with Gasteiger partial charge in [-0.15, -0.1) is 0 Å². The van der Waals surface area contributed by atoms with Crippen LogP contribution in [0.5, 0.6) is 0 Å². The van der Waals surface area contributed by atoms with Gasteiger partial charge in [-0.3, -0.25) is 5.10 Å². The van der Waals surface area contributed by atoms with E-state index in [0.717, 1.165) is 17.1 Å². The predicted octanol–water partition coefficient (Wildman–Crippen LogP) is 3.39. The van der Waals surface area contributed by atoms with E-state index in [2.05, 4.69) is 15.6 Å². The highest BCUT2D eigenvalue weighted by Gasteiger charge is 2.06. The maximum Gasteiger partial charge on any atom is 0.214 e.